The van der Waals surface area contributed by atoms with Gasteiger partial charge in [-0.05, 0) is 36.3 Å². The molecule has 1 aromatic heterocycles. The van der Waals surface area contributed by atoms with E-state index in [2.05, 4.69) is 0 Å². The normalized spacial score (nSPS) is 22.7. The fourth-order valence-electron chi connectivity index (χ4n) is 3.50. The zero-order valence-electron chi connectivity index (χ0n) is 12.3. The Morgan fingerprint density at radius 3 is 2.76 bits per heavy atom. The van der Waals surface area contributed by atoms with Crippen molar-refractivity contribution in [2.45, 2.75) is 44.6 Å². The van der Waals surface area contributed by atoms with Crippen molar-refractivity contribution in [3.05, 3.63) is 21.9 Å². The van der Waals surface area contributed by atoms with Crippen LogP contribution in [-0.4, -0.2) is 30.4 Å². The first-order valence-corrected chi connectivity index (χ1v) is 8.55. The summed E-state index contributed by atoms with van der Waals surface area (Å²) in [5, 5.41) is 2.00. The van der Waals surface area contributed by atoms with Crippen LogP contribution in [0.1, 0.15) is 48.6 Å². The van der Waals surface area contributed by atoms with Crippen molar-refractivity contribution in [2.24, 2.45) is 5.92 Å². The number of thiophene rings is 1. The van der Waals surface area contributed by atoms with Gasteiger partial charge in [-0.2, -0.15) is 0 Å². The van der Waals surface area contributed by atoms with Crippen LogP contribution in [0.25, 0.3) is 0 Å². The molecule has 0 bridgehead atoms. The van der Waals surface area contributed by atoms with Crippen LogP contribution in [-0.2, 0) is 20.7 Å². The van der Waals surface area contributed by atoms with Gasteiger partial charge in [-0.25, -0.2) is 4.79 Å². The fourth-order valence-corrected chi connectivity index (χ4v) is 4.41. The van der Waals surface area contributed by atoms with E-state index in [0.29, 0.717) is 6.54 Å². The molecule has 1 atom stereocenters. The van der Waals surface area contributed by atoms with Gasteiger partial charge in [-0.1, -0.05) is 19.3 Å². The van der Waals surface area contributed by atoms with Crippen molar-refractivity contribution in [1.29, 1.82) is 0 Å². The molecule has 1 unspecified atom stereocenters. The van der Waals surface area contributed by atoms with Gasteiger partial charge in [-0.3, -0.25) is 4.79 Å². The second kappa shape index (κ2) is 6.18. The van der Waals surface area contributed by atoms with Crippen LogP contribution in [0.2, 0.25) is 0 Å². The maximum atomic E-state index is 12.8. The molecule has 1 aromatic rings. The highest BCUT2D eigenvalue weighted by atomic mass is 32.1. The highest BCUT2D eigenvalue weighted by Crippen LogP contribution is 2.36. The van der Waals surface area contributed by atoms with Crippen molar-refractivity contribution < 1.29 is 14.3 Å². The first kappa shape index (κ1) is 14.6. The van der Waals surface area contributed by atoms with Gasteiger partial charge in [-0.15, -0.1) is 11.3 Å². The van der Waals surface area contributed by atoms with E-state index in [-0.39, 0.29) is 17.8 Å². The van der Waals surface area contributed by atoms with Crippen LogP contribution in [0.15, 0.2) is 11.4 Å². The van der Waals surface area contributed by atoms with Crippen LogP contribution in [0.4, 0.5) is 0 Å². The van der Waals surface area contributed by atoms with E-state index >= 15 is 0 Å². The molecule has 2 aliphatic rings. The van der Waals surface area contributed by atoms with Crippen molar-refractivity contribution in [3.8, 4) is 0 Å². The van der Waals surface area contributed by atoms with Crippen molar-refractivity contribution >= 4 is 23.2 Å². The predicted octanol–water partition coefficient (Wildman–Crippen LogP) is 2.93. The molecular weight excluding hydrogens is 286 g/mol. The average molecular weight is 307 g/mol. The minimum Gasteiger partial charge on any atom is -0.467 e. The third-order valence-corrected chi connectivity index (χ3v) is 5.62. The fraction of sp³-hybridized carbons (Fsp3) is 0.625. The molecule has 1 amide bonds. The van der Waals surface area contributed by atoms with Crippen LogP contribution >= 0.6 is 11.3 Å². The molecule has 0 radical (unpaired) electrons. The van der Waals surface area contributed by atoms with Crippen molar-refractivity contribution in [2.75, 3.05) is 13.7 Å². The quantitative estimate of drug-likeness (QED) is 0.789. The van der Waals surface area contributed by atoms with Gasteiger partial charge in [0.2, 0.25) is 5.91 Å². The summed E-state index contributed by atoms with van der Waals surface area (Å²) < 4.78 is 4.96. The molecule has 0 N–H and O–H groups in total. The highest BCUT2D eigenvalue weighted by Gasteiger charge is 2.39. The summed E-state index contributed by atoms with van der Waals surface area (Å²) in [4.78, 5) is 28.0. The molecule has 5 heteroatoms. The zero-order chi connectivity index (χ0) is 14.8. The van der Waals surface area contributed by atoms with Crippen LogP contribution in [0, 0.1) is 5.92 Å². The number of rotatable bonds is 2. The van der Waals surface area contributed by atoms with Gasteiger partial charge in [0.25, 0.3) is 0 Å². The Hall–Kier alpha value is -1.36. The number of hydrogen-bond donors (Lipinski definition) is 0. The number of nitrogens with zero attached hydrogens (tertiary/aromatic N) is 1. The number of carbonyl (C=O) groups is 2. The molecule has 1 fully saturated rings. The van der Waals surface area contributed by atoms with Gasteiger partial charge >= 0.3 is 5.97 Å². The molecule has 1 aliphatic carbocycles. The molecule has 0 aromatic carbocycles. The number of fused-ring (bicyclic) bond motifs is 1. The SMILES string of the molecule is COC(=O)C1c2ccsc2CCN1C(=O)C1CCCCC1. The first-order valence-electron chi connectivity index (χ1n) is 7.67. The maximum Gasteiger partial charge on any atom is 0.333 e. The van der Waals surface area contributed by atoms with Crippen molar-refractivity contribution in [3.63, 3.8) is 0 Å². The monoisotopic (exact) mass is 307 g/mol. The first-order chi connectivity index (χ1) is 10.2. The minimum atomic E-state index is -0.542. The van der Waals surface area contributed by atoms with Crippen LogP contribution in [0.3, 0.4) is 0 Å². The van der Waals surface area contributed by atoms with E-state index in [9.17, 15) is 9.59 Å². The standard InChI is InChI=1S/C16H21NO3S/c1-20-16(19)14-12-8-10-21-13(12)7-9-17(14)15(18)11-5-3-2-4-6-11/h8,10-11,14H,2-7,9H2,1H3. The topological polar surface area (TPSA) is 46.6 Å². The number of hydrogen-bond acceptors (Lipinski definition) is 4. The van der Waals surface area contributed by atoms with E-state index in [4.69, 9.17) is 4.74 Å². The van der Waals surface area contributed by atoms with Gasteiger partial charge in [0.05, 0.1) is 7.11 Å². The number of amides is 1. The summed E-state index contributed by atoms with van der Waals surface area (Å²) in [6.45, 7) is 0.628. The third-order valence-electron chi connectivity index (χ3n) is 4.63. The Labute approximate surface area is 129 Å². The lowest BCUT2D eigenvalue weighted by Crippen LogP contribution is -2.46. The lowest BCUT2D eigenvalue weighted by atomic mass is 9.87. The summed E-state index contributed by atoms with van der Waals surface area (Å²) in [7, 11) is 1.40. The summed E-state index contributed by atoms with van der Waals surface area (Å²) >= 11 is 1.66. The number of ether oxygens (including phenoxy) is 1. The van der Waals surface area contributed by atoms with Gasteiger partial charge in [0.1, 0.15) is 0 Å². The van der Waals surface area contributed by atoms with E-state index in [1.165, 1.54) is 18.4 Å². The second-order valence-electron chi connectivity index (χ2n) is 5.84. The lowest BCUT2D eigenvalue weighted by molar-refractivity contribution is -0.155. The summed E-state index contributed by atoms with van der Waals surface area (Å²) in [5.41, 5.74) is 0.960. The second-order valence-corrected chi connectivity index (χ2v) is 6.84. The van der Waals surface area contributed by atoms with E-state index in [1.807, 2.05) is 11.4 Å². The summed E-state index contributed by atoms with van der Waals surface area (Å²) in [5.74, 6) is -0.0912. The lowest BCUT2D eigenvalue weighted by Gasteiger charge is -2.37. The molecule has 0 spiro atoms. The molecule has 1 saturated carbocycles. The van der Waals surface area contributed by atoms with Crippen molar-refractivity contribution in [1.82, 2.24) is 4.90 Å². The van der Waals surface area contributed by atoms with E-state index < -0.39 is 6.04 Å². The van der Waals surface area contributed by atoms with Crippen LogP contribution in [0.5, 0.6) is 0 Å². The molecule has 21 heavy (non-hydrogen) atoms. The molecule has 3 rings (SSSR count). The Morgan fingerprint density at radius 2 is 2.05 bits per heavy atom. The molecule has 4 nitrogen and oxygen atoms in total. The Kier molecular flexibility index (Phi) is 4.29. The summed E-state index contributed by atoms with van der Waals surface area (Å²) in [6.07, 6.45) is 6.23. The molecule has 1 aliphatic heterocycles. The maximum absolute atomic E-state index is 12.8. The summed E-state index contributed by atoms with van der Waals surface area (Å²) in [6, 6.07) is 1.42. The predicted molar refractivity (Wildman–Crippen MR) is 81.1 cm³/mol. The number of carbonyl (C=O) groups excluding carboxylic acids is 2. The molecule has 114 valence electrons. The molecule has 2 heterocycles. The van der Waals surface area contributed by atoms with Gasteiger partial charge in [0.15, 0.2) is 6.04 Å². The Balaban J connectivity index is 1.86. The van der Waals surface area contributed by atoms with Gasteiger partial charge < -0.3 is 9.64 Å². The Bertz CT molecular complexity index is 533. The van der Waals surface area contributed by atoms with Crippen LogP contribution < -0.4 is 0 Å². The number of esters is 1. The largest absolute Gasteiger partial charge is 0.467 e. The molecular formula is C16H21NO3S. The minimum absolute atomic E-state index is 0.0890. The zero-order valence-corrected chi connectivity index (χ0v) is 13.2. The third kappa shape index (κ3) is 2.71. The average Bonchev–Trinajstić information content (AvgIpc) is 3.01. The Morgan fingerprint density at radius 1 is 1.29 bits per heavy atom. The van der Waals surface area contributed by atoms with E-state index in [1.54, 1.807) is 16.2 Å². The number of methoxy groups -OCH3 is 1. The highest BCUT2D eigenvalue weighted by molar-refractivity contribution is 7.10. The van der Waals surface area contributed by atoms with Gasteiger partial charge in [0, 0.05) is 17.3 Å². The smallest absolute Gasteiger partial charge is 0.333 e. The van der Waals surface area contributed by atoms with E-state index in [0.717, 1.165) is 37.7 Å². The molecule has 0 saturated heterocycles.